The SMILES string of the molecule is NC(=O)CONC(=O)C1CCN(C(=O)C2CC2)CC1. The van der Waals surface area contributed by atoms with Gasteiger partial charge in [0.05, 0.1) is 0 Å². The molecule has 0 aromatic carbocycles. The standard InChI is InChI=1S/C12H19N3O4/c13-10(16)7-19-14-11(17)8-3-5-15(6-4-8)12(18)9-1-2-9/h8-9H,1-7H2,(H2,13,16)(H,14,17). The number of hydrogen-bond acceptors (Lipinski definition) is 4. The van der Waals surface area contributed by atoms with Crippen LogP contribution in [-0.4, -0.2) is 42.3 Å². The molecule has 7 heteroatoms. The van der Waals surface area contributed by atoms with Crippen LogP contribution >= 0.6 is 0 Å². The molecule has 0 aromatic rings. The smallest absolute Gasteiger partial charge is 0.246 e. The van der Waals surface area contributed by atoms with Crippen LogP contribution in [0.5, 0.6) is 0 Å². The molecule has 0 spiro atoms. The van der Waals surface area contributed by atoms with Crippen molar-refractivity contribution >= 4 is 17.7 Å². The van der Waals surface area contributed by atoms with Gasteiger partial charge < -0.3 is 10.6 Å². The molecule has 1 saturated carbocycles. The highest BCUT2D eigenvalue weighted by atomic mass is 16.7. The van der Waals surface area contributed by atoms with Gasteiger partial charge in [-0.25, -0.2) is 5.48 Å². The largest absolute Gasteiger partial charge is 0.368 e. The maximum Gasteiger partial charge on any atom is 0.246 e. The van der Waals surface area contributed by atoms with Crippen molar-refractivity contribution in [3.05, 3.63) is 0 Å². The summed E-state index contributed by atoms with van der Waals surface area (Å²) in [6.07, 6.45) is 3.26. The van der Waals surface area contributed by atoms with Gasteiger partial charge in [-0.15, -0.1) is 0 Å². The van der Waals surface area contributed by atoms with E-state index in [1.807, 2.05) is 4.90 Å². The van der Waals surface area contributed by atoms with E-state index in [4.69, 9.17) is 5.73 Å². The number of likely N-dealkylation sites (tertiary alicyclic amines) is 1. The number of carbonyl (C=O) groups is 3. The number of amides is 3. The lowest BCUT2D eigenvalue weighted by atomic mass is 9.96. The van der Waals surface area contributed by atoms with Gasteiger partial charge in [-0.05, 0) is 25.7 Å². The van der Waals surface area contributed by atoms with E-state index in [1.54, 1.807) is 0 Å². The summed E-state index contributed by atoms with van der Waals surface area (Å²) in [5, 5.41) is 0. The molecule has 19 heavy (non-hydrogen) atoms. The maximum atomic E-state index is 11.8. The Morgan fingerprint density at radius 1 is 1.11 bits per heavy atom. The number of hydrogen-bond donors (Lipinski definition) is 2. The Hall–Kier alpha value is -1.63. The summed E-state index contributed by atoms with van der Waals surface area (Å²) < 4.78 is 0. The summed E-state index contributed by atoms with van der Waals surface area (Å²) in [4.78, 5) is 40.5. The second-order valence-corrected chi connectivity index (χ2v) is 5.10. The van der Waals surface area contributed by atoms with Gasteiger partial charge in [-0.1, -0.05) is 0 Å². The van der Waals surface area contributed by atoms with Crippen LogP contribution < -0.4 is 11.2 Å². The second-order valence-electron chi connectivity index (χ2n) is 5.10. The van der Waals surface area contributed by atoms with Gasteiger partial charge in [-0.2, -0.15) is 0 Å². The fourth-order valence-electron chi connectivity index (χ4n) is 2.21. The van der Waals surface area contributed by atoms with Crippen molar-refractivity contribution in [2.24, 2.45) is 17.6 Å². The van der Waals surface area contributed by atoms with Crippen LogP contribution in [0.2, 0.25) is 0 Å². The minimum absolute atomic E-state index is 0.170. The number of nitrogens with two attached hydrogens (primary N) is 1. The number of carbonyl (C=O) groups excluding carboxylic acids is 3. The molecule has 0 aromatic heterocycles. The summed E-state index contributed by atoms with van der Waals surface area (Å²) in [6, 6.07) is 0. The van der Waals surface area contributed by atoms with E-state index in [2.05, 4.69) is 10.3 Å². The third-order valence-corrected chi connectivity index (χ3v) is 3.49. The van der Waals surface area contributed by atoms with Crippen molar-refractivity contribution in [3.8, 4) is 0 Å². The van der Waals surface area contributed by atoms with Gasteiger partial charge in [-0.3, -0.25) is 19.2 Å². The van der Waals surface area contributed by atoms with E-state index in [0.29, 0.717) is 25.9 Å². The summed E-state index contributed by atoms with van der Waals surface area (Å²) in [5.74, 6) is -0.603. The lowest BCUT2D eigenvalue weighted by Crippen LogP contribution is -2.43. The summed E-state index contributed by atoms with van der Waals surface area (Å²) >= 11 is 0. The number of hydroxylamine groups is 1. The van der Waals surface area contributed by atoms with Crippen LogP contribution in [0.15, 0.2) is 0 Å². The van der Waals surface area contributed by atoms with Gasteiger partial charge in [0.25, 0.3) is 0 Å². The topological polar surface area (TPSA) is 102 Å². The van der Waals surface area contributed by atoms with Crippen LogP contribution in [-0.2, 0) is 19.2 Å². The van der Waals surface area contributed by atoms with Crippen molar-refractivity contribution in [3.63, 3.8) is 0 Å². The average Bonchev–Trinajstić information content (AvgIpc) is 3.22. The average molecular weight is 269 g/mol. The Balaban J connectivity index is 1.68. The minimum atomic E-state index is -0.634. The Morgan fingerprint density at radius 3 is 2.26 bits per heavy atom. The van der Waals surface area contributed by atoms with Gasteiger partial charge in [0.15, 0.2) is 6.61 Å². The highest BCUT2D eigenvalue weighted by Crippen LogP contribution is 2.32. The first-order valence-corrected chi connectivity index (χ1v) is 6.56. The minimum Gasteiger partial charge on any atom is -0.368 e. The van der Waals surface area contributed by atoms with Crippen molar-refractivity contribution in [2.45, 2.75) is 25.7 Å². The van der Waals surface area contributed by atoms with E-state index in [-0.39, 0.29) is 30.3 Å². The molecule has 1 saturated heterocycles. The summed E-state index contributed by atoms with van der Waals surface area (Å²) in [6.45, 7) is 0.900. The van der Waals surface area contributed by atoms with Crippen molar-refractivity contribution in [2.75, 3.05) is 19.7 Å². The first kappa shape index (κ1) is 13.8. The molecular formula is C12H19N3O4. The molecule has 0 radical (unpaired) electrons. The first-order valence-electron chi connectivity index (χ1n) is 6.56. The number of primary amides is 1. The number of piperidine rings is 1. The Morgan fingerprint density at radius 2 is 1.74 bits per heavy atom. The first-order chi connectivity index (χ1) is 9.08. The molecule has 0 atom stereocenters. The lowest BCUT2D eigenvalue weighted by Gasteiger charge is -2.31. The number of nitrogens with zero attached hydrogens (tertiary/aromatic N) is 1. The Labute approximate surface area is 111 Å². The molecule has 0 bridgehead atoms. The van der Waals surface area contributed by atoms with E-state index in [9.17, 15) is 14.4 Å². The molecule has 106 valence electrons. The van der Waals surface area contributed by atoms with E-state index >= 15 is 0 Å². The van der Waals surface area contributed by atoms with Crippen LogP contribution in [0.4, 0.5) is 0 Å². The van der Waals surface area contributed by atoms with Crippen LogP contribution in [0.3, 0.4) is 0 Å². The third-order valence-electron chi connectivity index (χ3n) is 3.49. The third kappa shape index (κ3) is 3.92. The molecular weight excluding hydrogens is 250 g/mol. The van der Waals surface area contributed by atoms with Gasteiger partial charge >= 0.3 is 0 Å². The van der Waals surface area contributed by atoms with Crippen molar-refractivity contribution < 1.29 is 19.2 Å². The van der Waals surface area contributed by atoms with E-state index < -0.39 is 5.91 Å². The van der Waals surface area contributed by atoms with Gasteiger partial charge in [0.1, 0.15) is 0 Å². The van der Waals surface area contributed by atoms with Crippen molar-refractivity contribution in [1.29, 1.82) is 0 Å². The van der Waals surface area contributed by atoms with Crippen molar-refractivity contribution in [1.82, 2.24) is 10.4 Å². The predicted molar refractivity (Wildman–Crippen MR) is 65.3 cm³/mol. The fraction of sp³-hybridized carbons (Fsp3) is 0.750. The van der Waals surface area contributed by atoms with Gasteiger partial charge in [0.2, 0.25) is 17.7 Å². The molecule has 1 aliphatic heterocycles. The molecule has 7 nitrogen and oxygen atoms in total. The molecule has 3 amide bonds. The zero-order valence-electron chi connectivity index (χ0n) is 10.8. The highest BCUT2D eigenvalue weighted by molar-refractivity contribution is 5.82. The highest BCUT2D eigenvalue weighted by Gasteiger charge is 2.35. The Kier molecular flexibility index (Phi) is 4.36. The molecule has 1 heterocycles. The van der Waals surface area contributed by atoms with Crippen LogP contribution in [0, 0.1) is 11.8 Å². The Bertz CT molecular complexity index is 373. The monoisotopic (exact) mass is 269 g/mol. The zero-order chi connectivity index (χ0) is 13.8. The second kappa shape index (κ2) is 6.01. The number of nitrogens with one attached hydrogen (secondary N) is 1. The summed E-state index contributed by atoms with van der Waals surface area (Å²) in [5.41, 5.74) is 7.10. The molecule has 2 fully saturated rings. The summed E-state index contributed by atoms with van der Waals surface area (Å²) in [7, 11) is 0. The molecule has 2 aliphatic rings. The lowest BCUT2D eigenvalue weighted by molar-refractivity contribution is -0.144. The molecule has 0 unspecified atom stereocenters. The van der Waals surface area contributed by atoms with E-state index in [1.165, 1.54) is 0 Å². The van der Waals surface area contributed by atoms with Gasteiger partial charge in [0, 0.05) is 24.9 Å². The van der Waals surface area contributed by atoms with E-state index in [0.717, 1.165) is 12.8 Å². The molecule has 3 N–H and O–H groups in total. The van der Waals surface area contributed by atoms with Crippen LogP contribution in [0.25, 0.3) is 0 Å². The normalized spacial score (nSPS) is 20.1. The van der Waals surface area contributed by atoms with Crippen LogP contribution in [0.1, 0.15) is 25.7 Å². The predicted octanol–water partition coefficient (Wildman–Crippen LogP) is -0.832. The molecule has 2 rings (SSSR count). The maximum absolute atomic E-state index is 11.8. The molecule has 1 aliphatic carbocycles. The number of rotatable bonds is 5. The fourth-order valence-corrected chi connectivity index (χ4v) is 2.21. The quantitative estimate of drug-likeness (QED) is 0.636. The zero-order valence-corrected chi connectivity index (χ0v) is 10.8.